The second-order valence-electron chi connectivity index (χ2n) is 5.14. The number of carbonyl (C=O) groups excluding carboxylic acids is 1. The molecule has 0 aromatic heterocycles. The summed E-state index contributed by atoms with van der Waals surface area (Å²) in [6.07, 6.45) is 1.40. The first kappa shape index (κ1) is 14.7. The average Bonchev–Trinajstić information content (AvgIpc) is 3.14. The first-order valence-electron chi connectivity index (χ1n) is 6.65. The van der Waals surface area contributed by atoms with Crippen molar-refractivity contribution in [3.8, 4) is 0 Å². The van der Waals surface area contributed by atoms with Gasteiger partial charge in [-0.3, -0.25) is 4.79 Å². The second kappa shape index (κ2) is 6.65. The van der Waals surface area contributed by atoms with Crippen molar-refractivity contribution in [2.24, 2.45) is 15.3 Å². The van der Waals surface area contributed by atoms with Gasteiger partial charge in [0.15, 0.2) is 5.66 Å². The zero-order valence-corrected chi connectivity index (χ0v) is 11.5. The highest BCUT2D eigenvalue weighted by molar-refractivity contribution is 5.77. The van der Waals surface area contributed by atoms with Crippen molar-refractivity contribution in [1.29, 1.82) is 0 Å². The smallest absolute Gasteiger partial charge is 0.246 e. The van der Waals surface area contributed by atoms with E-state index >= 15 is 0 Å². The van der Waals surface area contributed by atoms with Crippen LogP contribution < -0.4 is 5.32 Å². The molecular weight excluding hydrogens is 262 g/mol. The largest absolute Gasteiger partial charge is 0.366 e. The number of ether oxygens (including phenoxy) is 1. The van der Waals surface area contributed by atoms with Crippen LogP contribution in [0.15, 0.2) is 15.3 Å². The molecule has 1 N–H and O–H groups in total. The maximum Gasteiger partial charge on any atom is 0.246 e. The Morgan fingerprint density at radius 1 is 1.55 bits per heavy atom. The van der Waals surface area contributed by atoms with Crippen LogP contribution in [-0.2, 0) is 9.53 Å². The third-order valence-electron chi connectivity index (χ3n) is 3.39. The lowest BCUT2D eigenvalue weighted by atomic mass is 10.1. The van der Waals surface area contributed by atoms with Gasteiger partial charge in [-0.25, -0.2) is 0 Å². The summed E-state index contributed by atoms with van der Waals surface area (Å²) >= 11 is 0. The highest BCUT2D eigenvalue weighted by atomic mass is 16.5. The number of hydrogen-bond acceptors (Lipinski definition) is 6. The minimum Gasteiger partial charge on any atom is -0.366 e. The van der Waals surface area contributed by atoms with Crippen molar-refractivity contribution in [3.05, 3.63) is 10.4 Å². The van der Waals surface area contributed by atoms with Gasteiger partial charge < -0.3 is 15.0 Å². The molecule has 9 nitrogen and oxygen atoms in total. The molecule has 2 heterocycles. The number of likely N-dealkylation sites (N-methyl/N-ethyl adjacent to an activating group) is 1. The van der Waals surface area contributed by atoms with Crippen LogP contribution in [0.3, 0.4) is 0 Å². The molecule has 9 heteroatoms. The third-order valence-corrected chi connectivity index (χ3v) is 3.39. The Morgan fingerprint density at radius 3 is 2.90 bits per heavy atom. The van der Waals surface area contributed by atoms with Crippen LogP contribution >= 0.6 is 0 Å². The molecule has 0 saturated carbocycles. The van der Waals surface area contributed by atoms with Gasteiger partial charge in [0.25, 0.3) is 0 Å². The number of likely N-dealkylation sites (tertiary alicyclic amines) is 1. The SMILES string of the molecule is CN1CC(OCC(=O)NCCC2(CCN=[N+]=[N-])N=N2)C1. The lowest BCUT2D eigenvalue weighted by molar-refractivity contribution is -0.131. The molecule has 0 aromatic carbocycles. The van der Waals surface area contributed by atoms with Gasteiger partial charge in [0.1, 0.15) is 6.61 Å². The van der Waals surface area contributed by atoms with Crippen LogP contribution in [0.25, 0.3) is 10.4 Å². The summed E-state index contributed by atoms with van der Waals surface area (Å²) in [5, 5.41) is 14.2. The minimum atomic E-state index is -0.445. The quantitative estimate of drug-likeness (QED) is 0.380. The molecule has 0 spiro atoms. The Hall–Kier alpha value is -1.70. The molecule has 2 aliphatic heterocycles. The molecule has 1 fully saturated rings. The van der Waals surface area contributed by atoms with E-state index in [0.29, 0.717) is 25.9 Å². The van der Waals surface area contributed by atoms with E-state index in [1.54, 1.807) is 0 Å². The lowest BCUT2D eigenvalue weighted by Gasteiger charge is -2.35. The summed E-state index contributed by atoms with van der Waals surface area (Å²) in [5.41, 5.74) is 7.76. The van der Waals surface area contributed by atoms with Crippen LogP contribution in [-0.4, -0.2) is 62.4 Å². The van der Waals surface area contributed by atoms with Gasteiger partial charge in [0.2, 0.25) is 5.91 Å². The van der Waals surface area contributed by atoms with E-state index in [0.717, 1.165) is 13.1 Å². The van der Waals surface area contributed by atoms with Crippen LogP contribution in [0.1, 0.15) is 12.8 Å². The number of nitrogens with zero attached hydrogens (tertiary/aromatic N) is 6. The molecule has 0 bridgehead atoms. The maximum absolute atomic E-state index is 11.6. The molecule has 1 amide bonds. The Balaban J connectivity index is 1.51. The van der Waals surface area contributed by atoms with Crippen molar-refractivity contribution in [2.45, 2.75) is 24.6 Å². The fraction of sp³-hybridized carbons (Fsp3) is 0.909. The zero-order chi connectivity index (χ0) is 14.4. The second-order valence-corrected chi connectivity index (χ2v) is 5.14. The van der Waals surface area contributed by atoms with Crippen molar-refractivity contribution >= 4 is 5.91 Å². The summed E-state index contributed by atoms with van der Waals surface area (Å²) in [7, 11) is 2.01. The first-order chi connectivity index (χ1) is 9.63. The average molecular weight is 281 g/mol. The summed E-state index contributed by atoms with van der Waals surface area (Å²) in [6, 6.07) is 0. The maximum atomic E-state index is 11.6. The molecule has 1 saturated heterocycles. The number of hydrogen-bond donors (Lipinski definition) is 1. The van der Waals surface area contributed by atoms with Crippen molar-refractivity contribution in [3.63, 3.8) is 0 Å². The normalized spacial score (nSPS) is 20.1. The van der Waals surface area contributed by atoms with Gasteiger partial charge in [0, 0.05) is 43.9 Å². The Morgan fingerprint density at radius 2 is 2.30 bits per heavy atom. The van der Waals surface area contributed by atoms with Gasteiger partial charge in [-0.05, 0) is 12.6 Å². The zero-order valence-electron chi connectivity index (χ0n) is 11.5. The van der Waals surface area contributed by atoms with Crippen LogP contribution in [0.4, 0.5) is 0 Å². The van der Waals surface area contributed by atoms with Gasteiger partial charge in [-0.1, -0.05) is 5.11 Å². The van der Waals surface area contributed by atoms with Gasteiger partial charge in [0.05, 0.1) is 6.10 Å². The number of azide groups is 1. The Bertz CT molecular complexity index is 420. The number of rotatable bonds is 9. The van der Waals surface area contributed by atoms with E-state index in [-0.39, 0.29) is 18.6 Å². The predicted molar refractivity (Wildman–Crippen MR) is 71.1 cm³/mol. The fourth-order valence-corrected chi connectivity index (χ4v) is 2.06. The van der Waals surface area contributed by atoms with E-state index in [9.17, 15) is 4.79 Å². The van der Waals surface area contributed by atoms with Gasteiger partial charge in [-0.2, -0.15) is 10.2 Å². The lowest BCUT2D eigenvalue weighted by Crippen LogP contribution is -2.50. The van der Waals surface area contributed by atoms with E-state index in [1.807, 2.05) is 7.05 Å². The minimum absolute atomic E-state index is 0.0958. The summed E-state index contributed by atoms with van der Waals surface area (Å²) in [5.74, 6) is -0.120. The molecule has 0 unspecified atom stereocenters. The topological polar surface area (TPSA) is 115 Å². The molecule has 20 heavy (non-hydrogen) atoms. The van der Waals surface area contributed by atoms with E-state index in [4.69, 9.17) is 10.3 Å². The highest BCUT2D eigenvalue weighted by Gasteiger charge is 2.38. The van der Waals surface area contributed by atoms with Crippen LogP contribution in [0, 0.1) is 0 Å². The van der Waals surface area contributed by atoms with E-state index in [1.165, 1.54) is 0 Å². The Labute approximate surface area is 117 Å². The number of nitrogens with one attached hydrogen (secondary N) is 1. The summed E-state index contributed by atoms with van der Waals surface area (Å²) in [6.45, 7) is 2.73. The van der Waals surface area contributed by atoms with E-state index in [2.05, 4.69) is 30.5 Å². The van der Waals surface area contributed by atoms with Gasteiger partial charge >= 0.3 is 0 Å². The van der Waals surface area contributed by atoms with Crippen molar-refractivity contribution in [1.82, 2.24) is 10.2 Å². The molecule has 110 valence electrons. The third kappa shape index (κ3) is 4.44. The molecule has 0 aliphatic carbocycles. The molecule has 0 aromatic rings. The summed E-state index contributed by atoms with van der Waals surface area (Å²) in [4.78, 5) is 16.4. The Kier molecular flexibility index (Phi) is 4.89. The molecule has 2 aliphatic rings. The van der Waals surface area contributed by atoms with Crippen molar-refractivity contribution < 1.29 is 9.53 Å². The predicted octanol–water partition coefficient (Wildman–Crippen LogP) is 0.686. The van der Waals surface area contributed by atoms with Crippen molar-refractivity contribution in [2.75, 3.05) is 39.8 Å². The molecule has 2 rings (SSSR count). The standard InChI is InChI=1S/C11H19N7O2/c1-18-6-9(7-18)20-8-10(19)13-4-2-11(15-16-11)3-5-14-17-12/h9H,2-8H2,1H3,(H,13,19). The molecule has 0 atom stereocenters. The monoisotopic (exact) mass is 281 g/mol. The fourth-order valence-electron chi connectivity index (χ4n) is 2.06. The number of carbonyl (C=O) groups is 1. The highest BCUT2D eigenvalue weighted by Crippen LogP contribution is 2.34. The molecule has 0 radical (unpaired) electrons. The van der Waals surface area contributed by atoms with Crippen LogP contribution in [0.2, 0.25) is 0 Å². The number of amides is 1. The summed E-state index contributed by atoms with van der Waals surface area (Å²) < 4.78 is 5.43. The molecular formula is C11H19N7O2. The first-order valence-corrected chi connectivity index (χ1v) is 6.65. The van der Waals surface area contributed by atoms with Crippen LogP contribution in [0.5, 0.6) is 0 Å². The van der Waals surface area contributed by atoms with E-state index < -0.39 is 5.66 Å². The van der Waals surface area contributed by atoms with Gasteiger partial charge in [-0.15, -0.1) is 0 Å².